The van der Waals surface area contributed by atoms with Crippen molar-refractivity contribution < 1.29 is 32.6 Å². The molecule has 4 rings (SSSR count). The number of halogens is 4. The lowest BCUT2D eigenvalue weighted by atomic mass is 9.94. The van der Waals surface area contributed by atoms with Crippen molar-refractivity contribution in [1.82, 2.24) is 0 Å². The van der Waals surface area contributed by atoms with Crippen LogP contribution in [0.15, 0.2) is 65.8 Å². The monoisotopic (exact) mass is 514 g/mol. The van der Waals surface area contributed by atoms with Gasteiger partial charge in [-0.05, 0) is 65.4 Å². The van der Waals surface area contributed by atoms with Crippen LogP contribution < -0.4 is 5.01 Å². The number of aryl methyl sites for hydroxylation is 1. The number of aliphatic hydroxyl groups excluding tert-OH is 1. The minimum absolute atomic E-state index is 0.184. The van der Waals surface area contributed by atoms with Gasteiger partial charge >= 0.3 is 12.1 Å². The predicted molar refractivity (Wildman–Crippen MR) is 133 cm³/mol. The molecular formula is C28H26F4N2O3. The highest BCUT2D eigenvalue weighted by Gasteiger charge is 2.48. The molecule has 2 atom stereocenters. The van der Waals surface area contributed by atoms with E-state index in [1.54, 1.807) is 30.3 Å². The first-order chi connectivity index (χ1) is 17.5. The SMILES string of the molecule is Cc1cc(-c2cc(CO)ccc2F)ccc1Cc1ccc(N2N=C(C(F)(F)F)C(C)C2CC(=O)O)cc1. The number of hydrazone groups is 1. The number of aliphatic carboxylic acids is 1. The Bertz CT molecular complexity index is 1340. The molecule has 37 heavy (non-hydrogen) atoms. The maximum atomic E-state index is 14.4. The number of carbonyl (C=O) groups is 1. The van der Waals surface area contributed by atoms with Gasteiger partial charge in [-0.25, -0.2) is 4.39 Å². The lowest BCUT2D eigenvalue weighted by Crippen LogP contribution is -2.36. The lowest BCUT2D eigenvalue weighted by molar-refractivity contribution is -0.137. The van der Waals surface area contributed by atoms with Crippen LogP contribution in [0.25, 0.3) is 11.1 Å². The summed E-state index contributed by atoms with van der Waals surface area (Å²) in [4.78, 5) is 11.3. The summed E-state index contributed by atoms with van der Waals surface area (Å²) in [6.07, 6.45) is -4.58. The van der Waals surface area contributed by atoms with E-state index in [0.717, 1.165) is 21.7 Å². The zero-order valence-corrected chi connectivity index (χ0v) is 20.3. The maximum Gasteiger partial charge on any atom is 0.431 e. The van der Waals surface area contributed by atoms with Crippen molar-refractivity contribution in [3.05, 3.63) is 88.7 Å². The minimum Gasteiger partial charge on any atom is -0.481 e. The zero-order chi connectivity index (χ0) is 26.9. The number of anilines is 1. The quantitative estimate of drug-likeness (QED) is 0.374. The first-order valence-corrected chi connectivity index (χ1v) is 11.7. The molecule has 0 bridgehead atoms. The molecule has 0 aliphatic carbocycles. The van der Waals surface area contributed by atoms with Crippen molar-refractivity contribution in [2.45, 2.75) is 45.5 Å². The van der Waals surface area contributed by atoms with Crippen molar-refractivity contribution in [2.75, 3.05) is 5.01 Å². The summed E-state index contributed by atoms with van der Waals surface area (Å²) in [5, 5.41) is 23.5. The van der Waals surface area contributed by atoms with Crippen LogP contribution in [0.2, 0.25) is 0 Å². The largest absolute Gasteiger partial charge is 0.481 e. The van der Waals surface area contributed by atoms with E-state index >= 15 is 0 Å². The van der Waals surface area contributed by atoms with Gasteiger partial charge in [-0.2, -0.15) is 18.3 Å². The number of nitrogens with zero attached hydrogens (tertiary/aromatic N) is 2. The summed E-state index contributed by atoms with van der Waals surface area (Å²) in [5.41, 5.74) is 3.93. The summed E-state index contributed by atoms with van der Waals surface area (Å²) in [7, 11) is 0. The lowest BCUT2D eigenvalue weighted by Gasteiger charge is -2.25. The van der Waals surface area contributed by atoms with E-state index in [9.17, 15) is 32.6 Å². The van der Waals surface area contributed by atoms with E-state index in [2.05, 4.69) is 5.10 Å². The van der Waals surface area contributed by atoms with Crippen LogP contribution in [0.3, 0.4) is 0 Å². The van der Waals surface area contributed by atoms with E-state index in [0.29, 0.717) is 28.8 Å². The maximum absolute atomic E-state index is 14.4. The summed E-state index contributed by atoms with van der Waals surface area (Å²) in [5.74, 6) is -2.66. The van der Waals surface area contributed by atoms with Gasteiger partial charge in [0.15, 0.2) is 0 Å². The Morgan fingerprint density at radius 1 is 1.03 bits per heavy atom. The molecule has 0 spiro atoms. The van der Waals surface area contributed by atoms with Gasteiger partial charge in [0.25, 0.3) is 0 Å². The van der Waals surface area contributed by atoms with E-state index in [4.69, 9.17) is 0 Å². The van der Waals surface area contributed by atoms with Crippen LogP contribution in [0.1, 0.15) is 35.6 Å². The molecule has 0 saturated heterocycles. The Morgan fingerprint density at radius 3 is 2.30 bits per heavy atom. The topological polar surface area (TPSA) is 73.1 Å². The van der Waals surface area contributed by atoms with Gasteiger partial charge in [0.2, 0.25) is 0 Å². The van der Waals surface area contributed by atoms with Gasteiger partial charge in [0.05, 0.1) is 24.8 Å². The van der Waals surface area contributed by atoms with E-state index in [-0.39, 0.29) is 12.4 Å². The van der Waals surface area contributed by atoms with Gasteiger partial charge in [0.1, 0.15) is 11.5 Å². The number of aliphatic hydroxyl groups is 1. The predicted octanol–water partition coefficient (Wildman–Crippen LogP) is 6.10. The molecule has 5 nitrogen and oxygen atoms in total. The number of rotatable bonds is 7. The van der Waals surface area contributed by atoms with Crippen LogP contribution in [-0.2, 0) is 17.8 Å². The molecule has 9 heteroatoms. The summed E-state index contributed by atoms with van der Waals surface area (Å²) in [6, 6.07) is 15.9. The summed E-state index contributed by atoms with van der Waals surface area (Å²) < 4.78 is 54.6. The zero-order valence-electron chi connectivity index (χ0n) is 20.3. The number of alkyl halides is 3. The van der Waals surface area contributed by atoms with Gasteiger partial charge in [0, 0.05) is 11.5 Å². The fourth-order valence-electron chi connectivity index (χ4n) is 4.62. The van der Waals surface area contributed by atoms with Crippen molar-refractivity contribution in [3.8, 4) is 11.1 Å². The molecule has 0 radical (unpaired) electrons. The van der Waals surface area contributed by atoms with Crippen LogP contribution in [0, 0.1) is 18.7 Å². The van der Waals surface area contributed by atoms with Crippen molar-refractivity contribution in [3.63, 3.8) is 0 Å². The molecule has 0 saturated carbocycles. The average Bonchev–Trinajstić information content (AvgIpc) is 3.17. The second kappa shape index (κ2) is 10.3. The summed E-state index contributed by atoms with van der Waals surface area (Å²) >= 11 is 0. The van der Waals surface area contributed by atoms with Crippen LogP contribution in [-0.4, -0.2) is 34.1 Å². The van der Waals surface area contributed by atoms with Crippen LogP contribution in [0.5, 0.6) is 0 Å². The van der Waals surface area contributed by atoms with Gasteiger partial charge in [-0.3, -0.25) is 9.80 Å². The summed E-state index contributed by atoms with van der Waals surface area (Å²) in [6.45, 7) is 3.07. The number of carboxylic acid groups (broad SMARTS) is 1. The van der Waals surface area contributed by atoms with Crippen molar-refractivity contribution in [2.24, 2.45) is 11.0 Å². The van der Waals surface area contributed by atoms with Gasteiger partial charge in [-0.1, -0.05) is 43.3 Å². The average molecular weight is 515 g/mol. The Kier molecular flexibility index (Phi) is 7.36. The Hall–Kier alpha value is -3.72. The van der Waals surface area contributed by atoms with Gasteiger partial charge in [-0.15, -0.1) is 0 Å². The molecule has 1 aliphatic rings. The first-order valence-electron chi connectivity index (χ1n) is 11.7. The Balaban J connectivity index is 1.55. The molecule has 2 N–H and O–H groups in total. The fourth-order valence-corrected chi connectivity index (χ4v) is 4.62. The van der Waals surface area contributed by atoms with Crippen molar-refractivity contribution in [1.29, 1.82) is 0 Å². The normalized spacial score (nSPS) is 17.7. The minimum atomic E-state index is -4.64. The molecule has 3 aromatic rings. The molecule has 3 aromatic carbocycles. The second-order valence-electron chi connectivity index (χ2n) is 9.24. The number of benzene rings is 3. The van der Waals surface area contributed by atoms with Gasteiger partial charge < -0.3 is 10.2 Å². The highest BCUT2D eigenvalue weighted by atomic mass is 19.4. The Morgan fingerprint density at radius 2 is 1.70 bits per heavy atom. The van der Waals surface area contributed by atoms with E-state index in [1.807, 2.05) is 25.1 Å². The fraction of sp³-hybridized carbons (Fsp3) is 0.286. The van der Waals surface area contributed by atoms with E-state index < -0.39 is 36.2 Å². The molecule has 1 heterocycles. The number of carboxylic acids is 1. The first kappa shape index (κ1) is 26.3. The number of hydrogen-bond donors (Lipinski definition) is 2. The van der Waals surface area contributed by atoms with Crippen LogP contribution >= 0.6 is 0 Å². The number of hydrogen-bond acceptors (Lipinski definition) is 4. The third kappa shape index (κ3) is 5.67. The third-order valence-corrected chi connectivity index (χ3v) is 6.67. The standard InChI is InChI=1S/C28H26F4N2O3/c1-16-11-21(23-13-19(15-35)5-10-24(23)29)7-6-20(16)12-18-3-8-22(9-4-18)34-25(14-26(36)37)17(2)27(33-34)28(30,31)32/h3-11,13,17,25,35H,12,14-15H2,1-2H3,(H,36,37). The molecule has 2 unspecified atom stereocenters. The second-order valence-corrected chi connectivity index (χ2v) is 9.24. The highest BCUT2D eigenvalue weighted by Crippen LogP contribution is 2.36. The smallest absolute Gasteiger partial charge is 0.431 e. The molecule has 0 fully saturated rings. The van der Waals surface area contributed by atoms with Crippen LogP contribution in [0.4, 0.5) is 23.2 Å². The highest BCUT2D eigenvalue weighted by molar-refractivity contribution is 5.96. The van der Waals surface area contributed by atoms with Crippen molar-refractivity contribution >= 4 is 17.4 Å². The third-order valence-electron chi connectivity index (χ3n) is 6.67. The molecular weight excluding hydrogens is 488 g/mol. The molecule has 1 aliphatic heterocycles. The molecule has 194 valence electrons. The molecule has 0 amide bonds. The molecule has 0 aromatic heterocycles. The van der Waals surface area contributed by atoms with E-state index in [1.165, 1.54) is 19.1 Å². The Labute approximate surface area is 211 Å².